The first-order chi connectivity index (χ1) is 12.8. The van der Waals surface area contributed by atoms with Gasteiger partial charge < -0.3 is 27.7 Å². The van der Waals surface area contributed by atoms with E-state index in [1.165, 1.54) is 24.3 Å². The molecule has 3 aromatic rings. The van der Waals surface area contributed by atoms with E-state index in [0.29, 0.717) is 11.1 Å². The van der Waals surface area contributed by atoms with E-state index in [0.717, 1.165) is 22.9 Å². The van der Waals surface area contributed by atoms with Gasteiger partial charge in [-0.3, -0.25) is 9.59 Å². The van der Waals surface area contributed by atoms with Gasteiger partial charge in [-0.15, -0.1) is 0 Å². The fourth-order valence-electron chi connectivity index (χ4n) is 2.01. The standard InChI is InChI=1S/C12H12N2O.C8H8N2O2/c13-9-1-5-11(6-2-9)15-12-7-3-10(14)4-8-12;9-7(11)5-1-2-6(4-3-5)8(10)12/h1-8H,13-14H2;1-4H,(H2,9,11)(H2,10,12). The number of ether oxygens (including phenoxy) is 1. The van der Waals surface area contributed by atoms with E-state index in [-0.39, 0.29) is 0 Å². The van der Waals surface area contributed by atoms with Crippen molar-refractivity contribution in [1.29, 1.82) is 0 Å². The van der Waals surface area contributed by atoms with Crippen LogP contribution in [0.5, 0.6) is 11.5 Å². The average molecular weight is 364 g/mol. The van der Waals surface area contributed by atoms with Crippen LogP contribution >= 0.6 is 0 Å². The lowest BCUT2D eigenvalue weighted by atomic mass is 10.1. The minimum absolute atomic E-state index is 0.361. The molecule has 0 aromatic heterocycles. The lowest BCUT2D eigenvalue weighted by Crippen LogP contribution is -2.13. The first kappa shape index (κ1) is 19.3. The highest BCUT2D eigenvalue weighted by atomic mass is 16.5. The van der Waals surface area contributed by atoms with Gasteiger partial charge in [-0.2, -0.15) is 0 Å². The zero-order chi connectivity index (χ0) is 19.8. The smallest absolute Gasteiger partial charge is 0.248 e. The summed E-state index contributed by atoms with van der Waals surface area (Å²) in [6.45, 7) is 0. The lowest BCUT2D eigenvalue weighted by molar-refractivity contribution is 0.0988. The van der Waals surface area contributed by atoms with Crippen molar-refractivity contribution in [3.63, 3.8) is 0 Å². The molecule has 7 nitrogen and oxygen atoms in total. The van der Waals surface area contributed by atoms with Gasteiger partial charge in [0, 0.05) is 22.5 Å². The van der Waals surface area contributed by atoms with Gasteiger partial charge in [0.15, 0.2) is 0 Å². The monoisotopic (exact) mass is 364 g/mol. The zero-order valence-electron chi connectivity index (χ0n) is 14.5. The molecule has 0 atom stereocenters. The van der Waals surface area contributed by atoms with Crippen molar-refractivity contribution in [2.24, 2.45) is 11.5 Å². The van der Waals surface area contributed by atoms with Gasteiger partial charge in [-0.25, -0.2) is 0 Å². The Labute approximate surface area is 156 Å². The number of anilines is 2. The molecule has 0 fully saturated rings. The van der Waals surface area contributed by atoms with Crippen molar-refractivity contribution in [3.05, 3.63) is 83.9 Å². The highest BCUT2D eigenvalue weighted by Crippen LogP contribution is 2.22. The third kappa shape index (κ3) is 6.09. The van der Waals surface area contributed by atoms with Crippen molar-refractivity contribution >= 4 is 23.2 Å². The topological polar surface area (TPSA) is 147 Å². The Hall–Kier alpha value is -4.00. The SMILES string of the molecule is NC(=O)c1ccc(C(N)=O)cc1.Nc1ccc(Oc2ccc(N)cc2)cc1. The number of hydrogen-bond acceptors (Lipinski definition) is 5. The summed E-state index contributed by atoms with van der Waals surface area (Å²) in [6, 6.07) is 20.3. The van der Waals surface area contributed by atoms with Gasteiger partial charge in [0.05, 0.1) is 0 Å². The number of nitrogen functional groups attached to an aromatic ring is 2. The van der Waals surface area contributed by atoms with E-state index in [2.05, 4.69) is 0 Å². The molecule has 7 heteroatoms. The van der Waals surface area contributed by atoms with Crippen molar-refractivity contribution < 1.29 is 14.3 Å². The Kier molecular flexibility index (Phi) is 6.38. The Morgan fingerprint density at radius 2 is 0.852 bits per heavy atom. The van der Waals surface area contributed by atoms with Crippen LogP contribution in [0, 0.1) is 0 Å². The maximum Gasteiger partial charge on any atom is 0.248 e. The summed E-state index contributed by atoms with van der Waals surface area (Å²) in [5.74, 6) is 0.472. The maximum atomic E-state index is 10.6. The van der Waals surface area contributed by atoms with Crippen LogP contribution < -0.4 is 27.7 Å². The highest BCUT2D eigenvalue weighted by Gasteiger charge is 2.02. The van der Waals surface area contributed by atoms with Crippen LogP contribution in [0.1, 0.15) is 20.7 Å². The molecule has 0 aliphatic carbocycles. The van der Waals surface area contributed by atoms with Gasteiger partial charge >= 0.3 is 0 Å². The third-order valence-corrected chi connectivity index (χ3v) is 3.45. The summed E-state index contributed by atoms with van der Waals surface area (Å²) in [4.78, 5) is 21.2. The van der Waals surface area contributed by atoms with Crippen LogP contribution in [0.2, 0.25) is 0 Å². The Bertz CT molecular complexity index is 829. The molecular formula is C20H20N4O3. The molecule has 0 aliphatic rings. The molecule has 0 saturated heterocycles. The average Bonchev–Trinajstić information content (AvgIpc) is 2.66. The molecule has 8 N–H and O–H groups in total. The summed E-state index contributed by atoms with van der Waals surface area (Å²) in [5.41, 5.74) is 23.3. The first-order valence-electron chi connectivity index (χ1n) is 7.94. The third-order valence-electron chi connectivity index (χ3n) is 3.45. The molecule has 0 aliphatic heterocycles. The molecular weight excluding hydrogens is 344 g/mol. The summed E-state index contributed by atoms with van der Waals surface area (Å²) >= 11 is 0. The minimum atomic E-state index is -0.522. The molecule has 138 valence electrons. The maximum absolute atomic E-state index is 10.6. The van der Waals surface area contributed by atoms with Gasteiger partial charge in [0.25, 0.3) is 0 Å². The molecule has 0 radical (unpaired) electrons. The zero-order valence-corrected chi connectivity index (χ0v) is 14.5. The number of carbonyl (C=O) groups excluding carboxylic acids is 2. The van der Waals surface area contributed by atoms with Crippen LogP contribution in [-0.2, 0) is 0 Å². The van der Waals surface area contributed by atoms with E-state index in [9.17, 15) is 9.59 Å². The molecule has 3 aromatic carbocycles. The first-order valence-corrected chi connectivity index (χ1v) is 7.94. The quantitative estimate of drug-likeness (QED) is 0.525. The van der Waals surface area contributed by atoms with E-state index < -0.39 is 11.8 Å². The van der Waals surface area contributed by atoms with E-state index in [1.807, 2.05) is 24.3 Å². The van der Waals surface area contributed by atoms with Gasteiger partial charge in [-0.1, -0.05) is 0 Å². The lowest BCUT2D eigenvalue weighted by Gasteiger charge is -2.05. The second kappa shape index (κ2) is 8.91. The molecule has 0 bridgehead atoms. The van der Waals surface area contributed by atoms with Gasteiger partial charge in [0.1, 0.15) is 11.5 Å². The minimum Gasteiger partial charge on any atom is -0.457 e. The van der Waals surface area contributed by atoms with Crippen molar-refractivity contribution in [3.8, 4) is 11.5 Å². The number of carbonyl (C=O) groups is 2. The largest absolute Gasteiger partial charge is 0.457 e. The molecule has 0 unspecified atom stereocenters. The molecule has 0 heterocycles. The van der Waals surface area contributed by atoms with Crippen LogP contribution in [0.3, 0.4) is 0 Å². The Morgan fingerprint density at radius 3 is 1.11 bits per heavy atom. The van der Waals surface area contributed by atoms with Crippen LogP contribution in [-0.4, -0.2) is 11.8 Å². The number of hydrogen-bond donors (Lipinski definition) is 4. The molecule has 2 amide bonds. The summed E-state index contributed by atoms with van der Waals surface area (Å²) < 4.78 is 5.58. The highest BCUT2D eigenvalue weighted by molar-refractivity contribution is 5.96. The van der Waals surface area contributed by atoms with Crippen LogP contribution in [0.15, 0.2) is 72.8 Å². The number of nitrogens with two attached hydrogens (primary N) is 4. The molecule has 0 saturated carbocycles. The summed E-state index contributed by atoms with van der Waals surface area (Å²) in [5, 5.41) is 0. The Balaban J connectivity index is 0.000000199. The van der Waals surface area contributed by atoms with Crippen molar-refractivity contribution in [1.82, 2.24) is 0 Å². The number of benzene rings is 3. The molecule has 0 spiro atoms. The number of rotatable bonds is 4. The summed E-state index contributed by atoms with van der Waals surface area (Å²) in [7, 11) is 0. The van der Waals surface area contributed by atoms with Gasteiger partial charge in [-0.05, 0) is 72.8 Å². The fraction of sp³-hybridized carbons (Fsp3) is 0. The Morgan fingerprint density at radius 1 is 0.556 bits per heavy atom. The van der Waals surface area contributed by atoms with E-state index in [4.69, 9.17) is 27.7 Å². The summed E-state index contributed by atoms with van der Waals surface area (Å²) in [6.07, 6.45) is 0. The second-order valence-electron chi connectivity index (χ2n) is 5.55. The van der Waals surface area contributed by atoms with E-state index in [1.54, 1.807) is 24.3 Å². The molecule has 3 rings (SSSR count). The number of primary amides is 2. The van der Waals surface area contributed by atoms with Crippen LogP contribution in [0.4, 0.5) is 11.4 Å². The van der Waals surface area contributed by atoms with Crippen molar-refractivity contribution in [2.45, 2.75) is 0 Å². The van der Waals surface area contributed by atoms with E-state index >= 15 is 0 Å². The van der Waals surface area contributed by atoms with Gasteiger partial charge in [0.2, 0.25) is 11.8 Å². The fourth-order valence-corrected chi connectivity index (χ4v) is 2.01. The predicted octanol–water partition coefficient (Wildman–Crippen LogP) is 2.53. The normalized spacial score (nSPS) is 9.63. The predicted molar refractivity (Wildman–Crippen MR) is 105 cm³/mol. The second-order valence-corrected chi connectivity index (χ2v) is 5.55. The molecule has 27 heavy (non-hydrogen) atoms. The van der Waals surface area contributed by atoms with Crippen LogP contribution in [0.25, 0.3) is 0 Å². The van der Waals surface area contributed by atoms with Crippen molar-refractivity contribution in [2.75, 3.05) is 11.5 Å². The number of amides is 2.